The first kappa shape index (κ1) is 10.6. The van der Waals surface area contributed by atoms with E-state index in [2.05, 4.69) is 6.58 Å². The number of allylic oxidation sites excluding steroid dienone is 4. The van der Waals surface area contributed by atoms with Gasteiger partial charge in [-0.25, -0.2) is 0 Å². The Balaban J connectivity index is 3.99. The topological polar surface area (TPSA) is 43.1 Å². The van der Waals surface area contributed by atoms with Gasteiger partial charge >= 0.3 is 0 Å². The predicted octanol–water partition coefficient (Wildman–Crippen LogP) is 2.34. The normalized spacial score (nSPS) is 11.9. The summed E-state index contributed by atoms with van der Waals surface area (Å²) in [6.07, 6.45) is 7.63. The molecule has 0 amide bonds. The van der Waals surface area contributed by atoms with Crippen LogP contribution < -0.4 is 0 Å². The summed E-state index contributed by atoms with van der Waals surface area (Å²) in [4.78, 5) is 9.69. The fourth-order valence-corrected chi connectivity index (χ4v) is 0.694. The van der Waals surface area contributed by atoms with Crippen LogP contribution in [-0.2, 0) is 0 Å². The van der Waals surface area contributed by atoms with E-state index in [0.29, 0.717) is 6.42 Å². The van der Waals surface area contributed by atoms with Gasteiger partial charge in [0.25, 0.3) is 0 Å². The Kier molecular flexibility index (Phi) is 5.61. The summed E-state index contributed by atoms with van der Waals surface area (Å²) in [6.45, 7) is 5.43. The lowest BCUT2D eigenvalue weighted by atomic mass is 10.2. The minimum atomic E-state index is -0.326. The molecule has 0 N–H and O–H groups in total. The molecule has 0 aliphatic heterocycles. The van der Waals surface area contributed by atoms with Gasteiger partial charge in [0.1, 0.15) is 0 Å². The minimum Gasteiger partial charge on any atom is -0.265 e. The molecule has 0 aromatic rings. The van der Waals surface area contributed by atoms with Crippen molar-refractivity contribution < 1.29 is 4.92 Å². The predicted molar refractivity (Wildman–Crippen MR) is 49.6 cm³/mol. The Labute approximate surface area is 72.2 Å². The van der Waals surface area contributed by atoms with E-state index in [9.17, 15) is 10.1 Å². The monoisotopic (exact) mass is 167 g/mol. The molecule has 66 valence electrons. The second-order valence-electron chi connectivity index (χ2n) is 2.28. The second-order valence-corrected chi connectivity index (χ2v) is 2.28. The van der Waals surface area contributed by atoms with Crippen LogP contribution in [0, 0.1) is 10.1 Å². The maximum absolute atomic E-state index is 10.0. The van der Waals surface area contributed by atoms with Crippen LogP contribution in [0.15, 0.2) is 36.5 Å². The largest absolute Gasteiger partial charge is 0.265 e. The molecule has 3 heteroatoms. The molecule has 12 heavy (non-hydrogen) atoms. The molecule has 0 saturated heterocycles. The van der Waals surface area contributed by atoms with Crippen molar-refractivity contribution in [1.29, 1.82) is 0 Å². The molecule has 0 atom stereocenters. The van der Waals surface area contributed by atoms with Crippen LogP contribution in [0.4, 0.5) is 0 Å². The Morgan fingerprint density at radius 1 is 1.67 bits per heavy atom. The average molecular weight is 167 g/mol. The van der Waals surface area contributed by atoms with Gasteiger partial charge in [-0.2, -0.15) is 0 Å². The fraction of sp³-hybridized carbons (Fsp3) is 0.333. The zero-order chi connectivity index (χ0) is 9.40. The smallest absolute Gasteiger partial charge is 0.207 e. The molecular formula is C9H13NO2. The molecule has 0 fully saturated rings. The van der Waals surface area contributed by atoms with E-state index in [1.807, 2.05) is 25.2 Å². The van der Waals surface area contributed by atoms with E-state index in [4.69, 9.17) is 0 Å². The van der Waals surface area contributed by atoms with Crippen LogP contribution >= 0.6 is 0 Å². The van der Waals surface area contributed by atoms with Crippen LogP contribution in [0.3, 0.4) is 0 Å². The summed E-state index contributed by atoms with van der Waals surface area (Å²) in [6, 6.07) is 0. The van der Waals surface area contributed by atoms with E-state index < -0.39 is 0 Å². The summed E-state index contributed by atoms with van der Waals surface area (Å²) >= 11 is 0. The molecule has 0 unspecified atom stereocenters. The van der Waals surface area contributed by atoms with Gasteiger partial charge < -0.3 is 0 Å². The van der Waals surface area contributed by atoms with Gasteiger partial charge in [-0.15, -0.1) is 0 Å². The van der Waals surface area contributed by atoms with E-state index in [-0.39, 0.29) is 11.5 Å². The molecule has 0 bridgehead atoms. The molecule has 0 radical (unpaired) electrons. The van der Waals surface area contributed by atoms with Gasteiger partial charge in [0.15, 0.2) is 0 Å². The number of hydrogen-bond donors (Lipinski definition) is 0. The molecule has 0 saturated carbocycles. The quantitative estimate of drug-likeness (QED) is 0.358. The molecule has 0 aliphatic rings. The van der Waals surface area contributed by atoms with Crippen molar-refractivity contribution in [3.05, 3.63) is 46.6 Å². The maximum atomic E-state index is 10.0. The highest BCUT2D eigenvalue weighted by molar-refractivity contribution is 5.21. The van der Waals surface area contributed by atoms with Gasteiger partial charge in [0.05, 0.1) is 0 Å². The van der Waals surface area contributed by atoms with Crippen molar-refractivity contribution in [1.82, 2.24) is 0 Å². The minimum absolute atomic E-state index is 0.0323. The maximum Gasteiger partial charge on any atom is 0.207 e. The summed E-state index contributed by atoms with van der Waals surface area (Å²) < 4.78 is 0. The van der Waals surface area contributed by atoms with Gasteiger partial charge in [-0.1, -0.05) is 30.9 Å². The van der Waals surface area contributed by atoms with Crippen molar-refractivity contribution in [2.75, 3.05) is 6.54 Å². The van der Waals surface area contributed by atoms with Crippen LogP contribution in [0.2, 0.25) is 0 Å². The standard InChI is InChI=1S/C9H13NO2/c1-3-5-6-9(4-2)7-8-10(11)12/h3-6H,2,7-8H2,1H3/b5-3-,9-6+. The van der Waals surface area contributed by atoms with Crippen LogP contribution in [0.25, 0.3) is 0 Å². The van der Waals surface area contributed by atoms with Gasteiger partial charge in [-0.3, -0.25) is 10.1 Å². The molecule has 0 aromatic heterocycles. The van der Waals surface area contributed by atoms with Crippen molar-refractivity contribution in [3.8, 4) is 0 Å². The summed E-state index contributed by atoms with van der Waals surface area (Å²) in [7, 11) is 0. The molecule has 3 nitrogen and oxygen atoms in total. The highest BCUT2D eigenvalue weighted by atomic mass is 16.6. The van der Waals surface area contributed by atoms with Gasteiger partial charge in [-0.05, 0) is 12.5 Å². The van der Waals surface area contributed by atoms with Crippen LogP contribution in [0.5, 0.6) is 0 Å². The third kappa shape index (κ3) is 5.41. The Morgan fingerprint density at radius 2 is 2.33 bits per heavy atom. The second kappa shape index (κ2) is 6.34. The Morgan fingerprint density at radius 3 is 2.75 bits per heavy atom. The molecule has 0 aliphatic carbocycles. The Hall–Kier alpha value is -1.38. The lowest BCUT2D eigenvalue weighted by molar-refractivity contribution is -0.479. The molecule has 0 heterocycles. The van der Waals surface area contributed by atoms with Crippen molar-refractivity contribution in [2.45, 2.75) is 13.3 Å². The Bertz CT molecular complexity index is 217. The molecular weight excluding hydrogens is 154 g/mol. The highest BCUT2D eigenvalue weighted by Gasteiger charge is 1.97. The molecule has 0 rings (SSSR count). The van der Waals surface area contributed by atoms with Gasteiger partial charge in [0, 0.05) is 11.3 Å². The lowest BCUT2D eigenvalue weighted by Gasteiger charge is -1.94. The van der Waals surface area contributed by atoms with Crippen molar-refractivity contribution in [2.24, 2.45) is 0 Å². The molecule has 0 aromatic carbocycles. The zero-order valence-corrected chi connectivity index (χ0v) is 7.19. The SMILES string of the molecule is C=C/C(=C\C=C/C)CC[N+](=O)[O-]. The number of rotatable bonds is 5. The lowest BCUT2D eigenvalue weighted by Crippen LogP contribution is -2.00. The van der Waals surface area contributed by atoms with Crippen LogP contribution in [-0.4, -0.2) is 11.5 Å². The average Bonchev–Trinajstić information content (AvgIpc) is 2.05. The third-order valence-electron chi connectivity index (χ3n) is 1.35. The van der Waals surface area contributed by atoms with E-state index in [1.165, 1.54) is 0 Å². The van der Waals surface area contributed by atoms with Crippen LogP contribution in [0.1, 0.15) is 13.3 Å². The van der Waals surface area contributed by atoms with E-state index in [1.54, 1.807) is 6.08 Å². The number of nitro groups is 1. The molecule has 0 spiro atoms. The van der Waals surface area contributed by atoms with E-state index >= 15 is 0 Å². The first-order valence-electron chi connectivity index (χ1n) is 3.76. The van der Waals surface area contributed by atoms with Crippen molar-refractivity contribution in [3.63, 3.8) is 0 Å². The number of hydrogen-bond acceptors (Lipinski definition) is 2. The van der Waals surface area contributed by atoms with E-state index in [0.717, 1.165) is 5.57 Å². The first-order chi connectivity index (χ1) is 5.70. The highest BCUT2D eigenvalue weighted by Crippen LogP contribution is 2.02. The summed E-state index contributed by atoms with van der Waals surface area (Å²) in [5.74, 6) is 0. The summed E-state index contributed by atoms with van der Waals surface area (Å²) in [5.41, 5.74) is 0.893. The van der Waals surface area contributed by atoms with Crippen molar-refractivity contribution >= 4 is 0 Å². The zero-order valence-electron chi connectivity index (χ0n) is 7.19. The summed E-state index contributed by atoms with van der Waals surface area (Å²) in [5, 5.41) is 10.0. The first-order valence-corrected chi connectivity index (χ1v) is 3.76. The van der Waals surface area contributed by atoms with Gasteiger partial charge in [0.2, 0.25) is 6.54 Å². The third-order valence-corrected chi connectivity index (χ3v) is 1.35. The number of nitrogens with zero attached hydrogens (tertiary/aromatic N) is 1. The fourth-order valence-electron chi connectivity index (χ4n) is 0.694.